The molecule has 19 nitrogen and oxygen atoms in total. The molecule has 0 amide bonds. The van der Waals surface area contributed by atoms with Gasteiger partial charge in [-0.15, -0.1) is 0 Å². The number of aliphatic hydroxyl groups is 1. The Morgan fingerprint density at radius 2 is 1.73 bits per heavy atom. The number of aliphatic hydroxyl groups excluding tert-OH is 1. The van der Waals surface area contributed by atoms with Crippen molar-refractivity contribution >= 4 is 61.7 Å². The Hall–Kier alpha value is -0.745. The number of hydrogen-bond donors (Lipinski definition) is 3. The molecule has 7 rings (SSSR count). The number of nitrogens with zero attached hydrogens (tertiary/aromatic N) is 7. The van der Waals surface area contributed by atoms with E-state index in [0.717, 1.165) is 0 Å². The van der Waals surface area contributed by atoms with Crippen molar-refractivity contribution in [3.8, 4) is 0 Å². The van der Waals surface area contributed by atoms with Crippen LogP contribution in [0.1, 0.15) is 18.3 Å². The van der Waals surface area contributed by atoms with Crippen LogP contribution in [0.3, 0.4) is 0 Å². The number of nitrogen functional groups attached to an aromatic ring is 1. The van der Waals surface area contributed by atoms with Crippen LogP contribution in [-0.2, 0) is 43.9 Å². The van der Waals surface area contributed by atoms with Crippen LogP contribution in [0, 0.1) is 12.8 Å². The van der Waals surface area contributed by atoms with Gasteiger partial charge in [-0.1, -0.05) is 11.8 Å². The van der Waals surface area contributed by atoms with E-state index < -0.39 is 89.5 Å². The maximum Gasteiger partial charge on any atom is 1.00 e. The normalized spacial score (nSPS) is 35.6. The van der Waals surface area contributed by atoms with Crippen molar-refractivity contribution in [3.63, 3.8) is 0 Å². The summed E-state index contributed by atoms with van der Waals surface area (Å²) in [6.45, 7) is -4.37. The molecule has 3 saturated heterocycles. The molecule has 248 valence electrons. The molecule has 9 unspecified atom stereocenters. The summed E-state index contributed by atoms with van der Waals surface area (Å²) >= 11 is 5.23. The number of imidazole rings is 2. The van der Waals surface area contributed by atoms with Crippen molar-refractivity contribution in [2.24, 2.45) is 5.92 Å². The first-order valence-corrected chi connectivity index (χ1v) is 17.0. The standard InChI is InChI=1S/C22H28BFN9O10P2S.2Na/c1-8-30-19-14(20(35)31-8)29-7-33(19)22-15-9(2-34)10(40-22)3-38-44(23,36)42-16-11(4-39-45(37,46)43-15)41-21(12(16)24)32-6-28-13-17(25)26-5-27-18(13)32;;/h5-7,9-12,15-16,21-22,34H,2-4H2,1,23H3,(H,37,46)(H2,25,26,27)(H,30,31,35);;/q-1;2*+1/p-1/t9?,10?,11?,12?,15?,16?,21?,22?,44-,45?;;/m1../s1. The van der Waals surface area contributed by atoms with Crippen LogP contribution < -0.4 is 75.3 Å². The van der Waals surface area contributed by atoms with E-state index in [2.05, 4.69) is 29.9 Å². The van der Waals surface area contributed by atoms with Gasteiger partial charge in [-0.05, 0) is 6.92 Å². The Balaban J connectivity index is 0.00000225. The summed E-state index contributed by atoms with van der Waals surface area (Å²) in [6, 6.07) is 0. The molecule has 48 heavy (non-hydrogen) atoms. The Labute approximate surface area is 320 Å². The number of rotatable bonds is 3. The van der Waals surface area contributed by atoms with Gasteiger partial charge in [0.25, 0.3) is 5.56 Å². The number of ether oxygens (including phenoxy) is 2. The number of aromatic nitrogens is 8. The predicted octanol–water partition coefficient (Wildman–Crippen LogP) is -7.52. The van der Waals surface area contributed by atoms with Crippen LogP contribution in [0.25, 0.3) is 22.3 Å². The molecule has 3 aliphatic rings. The second kappa shape index (κ2) is 14.7. The number of alkyl halides is 1. The smallest absolute Gasteiger partial charge is 0.780 e. The molecule has 0 saturated carbocycles. The van der Waals surface area contributed by atoms with Crippen LogP contribution in [0.5, 0.6) is 0 Å². The van der Waals surface area contributed by atoms with Crippen LogP contribution in [-0.4, -0.2) is 102 Å². The number of aromatic amines is 1. The monoisotopic (exact) mass is 747 g/mol. The third kappa shape index (κ3) is 7.16. The van der Waals surface area contributed by atoms with Gasteiger partial charge < -0.3 is 52.9 Å². The summed E-state index contributed by atoms with van der Waals surface area (Å²) in [7, 11) is -5.07. The summed E-state index contributed by atoms with van der Waals surface area (Å²) in [6.07, 6.45) is -5.77. The maximum absolute atomic E-state index is 16.1. The number of anilines is 1. The van der Waals surface area contributed by atoms with Crippen LogP contribution in [0.15, 0.2) is 23.8 Å². The van der Waals surface area contributed by atoms with Crippen LogP contribution >= 0.6 is 14.2 Å². The van der Waals surface area contributed by atoms with Gasteiger partial charge in [-0.2, -0.15) is 0 Å². The molecule has 7 heterocycles. The van der Waals surface area contributed by atoms with Crippen LogP contribution in [0.2, 0.25) is 0 Å². The zero-order chi connectivity index (χ0) is 32.5. The topological polar surface area (TPSA) is 249 Å². The average molecular weight is 747 g/mol. The molecule has 26 heteroatoms. The van der Waals surface area contributed by atoms with Crippen molar-refractivity contribution in [2.45, 2.75) is 50.0 Å². The molecular formula is C22H27BFN9Na2O10P2S. The molecule has 3 fully saturated rings. The van der Waals surface area contributed by atoms with E-state index in [1.54, 1.807) is 6.92 Å². The minimum atomic E-state index is -4.43. The van der Waals surface area contributed by atoms with Crippen LogP contribution in [0.4, 0.5) is 10.2 Å². The van der Waals surface area contributed by atoms with Crippen molar-refractivity contribution in [1.82, 2.24) is 39.0 Å². The summed E-state index contributed by atoms with van der Waals surface area (Å²) in [4.78, 5) is 49.3. The fraction of sp³-hybridized carbons (Fsp3) is 0.545. The molecule has 3 aliphatic heterocycles. The fourth-order valence-corrected chi connectivity index (χ4v) is 7.79. The third-order valence-corrected chi connectivity index (χ3v) is 9.98. The second-order valence-electron chi connectivity index (χ2n) is 10.4. The zero-order valence-corrected chi connectivity index (χ0v) is 31.6. The third-order valence-electron chi connectivity index (χ3n) is 7.66. The van der Waals surface area contributed by atoms with E-state index in [9.17, 15) is 19.4 Å². The molecule has 4 aromatic rings. The number of nitrogens with one attached hydrogen (secondary N) is 1. The van der Waals surface area contributed by atoms with Crippen molar-refractivity contribution in [3.05, 3.63) is 35.2 Å². The first kappa shape index (κ1) is 38.5. The van der Waals surface area contributed by atoms with E-state index in [1.165, 1.54) is 28.1 Å². The van der Waals surface area contributed by atoms with Gasteiger partial charge in [-0.25, -0.2) is 29.3 Å². The molecular weight excluding hydrogens is 720 g/mol. The first-order valence-electron chi connectivity index (χ1n) is 13.4. The fourth-order valence-electron chi connectivity index (χ4n) is 5.58. The summed E-state index contributed by atoms with van der Waals surface area (Å²) in [5.74, 6) is -0.561. The molecule has 0 aliphatic carbocycles. The van der Waals surface area contributed by atoms with E-state index in [1.807, 2.05) is 0 Å². The Bertz CT molecular complexity index is 1980. The number of hydrogen-bond acceptors (Lipinski definition) is 17. The largest absolute Gasteiger partial charge is 1.00 e. The van der Waals surface area contributed by atoms with Gasteiger partial charge in [-0.3, -0.25) is 13.9 Å². The number of H-pyrrole nitrogens is 1. The molecule has 0 radical (unpaired) electrons. The molecule has 0 spiro atoms. The number of fused-ring (bicyclic) bond motifs is 5. The summed E-state index contributed by atoms with van der Waals surface area (Å²) in [5.41, 5.74) is 5.90. The number of aryl methyl sites for hydroxylation is 1. The summed E-state index contributed by atoms with van der Waals surface area (Å²) in [5, 5.41) is 10.4. The predicted molar refractivity (Wildman–Crippen MR) is 159 cm³/mol. The van der Waals surface area contributed by atoms with E-state index in [-0.39, 0.29) is 93.9 Å². The number of halogens is 1. The Kier molecular flexibility index (Phi) is 11.8. The maximum atomic E-state index is 16.1. The Morgan fingerprint density at radius 1 is 1.06 bits per heavy atom. The quantitative estimate of drug-likeness (QED) is 0.130. The van der Waals surface area contributed by atoms with Gasteiger partial charge in [0.05, 0.1) is 46.1 Å². The van der Waals surface area contributed by atoms with Crippen molar-refractivity contribution in [1.29, 1.82) is 0 Å². The molecule has 0 aromatic carbocycles. The molecule has 2 bridgehead atoms. The molecule has 10 atom stereocenters. The minimum absolute atomic E-state index is 0. The molecule has 4 N–H and O–H groups in total. The van der Waals surface area contributed by atoms with Gasteiger partial charge in [0.1, 0.15) is 50.2 Å². The van der Waals surface area contributed by atoms with Gasteiger partial charge in [0, 0.05) is 5.92 Å². The van der Waals surface area contributed by atoms with Gasteiger partial charge in [0.15, 0.2) is 41.3 Å². The van der Waals surface area contributed by atoms with Gasteiger partial charge in [0.2, 0.25) is 0 Å². The zero-order valence-electron chi connectivity index (χ0n) is 25.0. The van der Waals surface area contributed by atoms with Crippen molar-refractivity contribution < 1.29 is 106 Å². The van der Waals surface area contributed by atoms with E-state index in [0.29, 0.717) is 5.82 Å². The van der Waals surface area contributed by atoms with E-state index in [4.69, 9.17) is 45.1 Å². The van der Waals surface area contributed by atoms with E-state index >= 15 is 4.39 Å². The first-order chi connectivity index (χ1) is 21.9. The average Bonchev–Trinajstić information content (AvgIpc) is 3.75. The Morgan fingerprint density at radius 3 is 2.46 bits per heavy atom. The number of nitrogens with two attached hydrogens (primary N) is 1. The van der Waals surface area contributed by atoms with Gasteiger partial charge >= 0.3 is 59.1 Å². The minimum Gasteiger partial charge on any atom is -0.780 e. The summed E-state index contributed by atoms with van der Waals surface area (Å²) < 4.78 is 67.6. The molecule has 4 aromatic heterocycles. The SMILES string of the molecule is [BH3-][P@@]1(=O)OCC2OC(n3cnc4c(=O)[nH]c(C)nc43)C(OP([O-])(=S)OCC3OC(n4cnc5c(N)ncnc54)C(F)C3O1)C2CO.[Na+].[Na+]. The second-order valence-corrected chi connectivity index (χ2v) is 14.0. The van der Waals surface area contributed by atoms with Crippen molar-refractivity contribution in [2.75, 3.05) is 25.6 Å².